The van der Waals surface area contributed by atoms with Gasteiger partial charge < -0.3 is 9.47 Å². The molecule has 4 rings (SSSR count). The quantitative estimate of drug-likeness (QED) is 0.692. The van der Waals surface area contributed by atoms with Crippen molar-refractivity contribution < 1.29 is 13.9 Å². The molecular formula is C19H13FO2. The summed E-state index contributed by atoms with van der Waals surface area (Å²) in [5.74, 6) is -1.03. The molecule has 0 aromatic heterocycles. The second-order valence-corrected chi connectivity index (χ2v) is 5.12. The number of para-hydroxylation sites is 1. The fourth-order valence-corrected chi connectivity index (χ4v) is 2.71. The Morgan fingerprint density at radius 3 is 1.77 bits per heavy atom. The smallest absolute Gasteiger partial charge is 0.305 e. The molecule has 0 spiro atoms. The summed E-state index contributed by atoms with van der Waals surface area (Å²) in [7, 11) is 0. The molecule has 1 aliphatic heterocycles. The molecule has 22 heavy (non-hydrogen) atoms. The van der Waals surface area contributed by atoms with Gasteiger partial charge in [-0.25, -0.2) is 4.39 Å². The van der Waals surface area contributed by atoms with E-state index < -0.39 is 11.6 Å². The van der Waals surface area contributed by atoms with Gasteiger partial charge in [0.05, 0.1) is 0 Å². The van der Waals surface area contributed by atoms with E-state index in [1.165, 1.54) is 6.07 Å². The number of rotatable bonds is 2. The maximum Gasteiger partial charge on any atom is 0.305 e. The molecule has 0 bridgehead atoms. The minimum Gasteiger partial charge on any atom is -0.440 e. The van der Waals surface area contributed by atoms with Crippen molar-refractivity contribution in [1.82, 2.24) is 0 Å². The molecule has 3 aromatic carbocycles. The molecule has 2 nitrogen and oxygen atoms in total. The monoisotopic (exact) mass is 292 g/mol. The van der Waals surface area contributed by atoms with Crippen LogP contribution in [0.5, 0.6) is 11.5 Å². The molecule has 0 aliphatic carbocycles. The third kappa shape index (κ3) is 1.86. The predicted octanol–water partition coefficient (Wildman–Crippen LogP) is 4.50. The summed E-state index contributed by atoms with van der Waals surface area (Å²) in [4.78, 5) is 0. The fraction of sp³-hybridized carbons (Fsp3) is 0.0526. The highest BCUT2D eigenvalue weighted by molar-refractivity contribution is 5.49. The molecule has 0 saturated heterocycles. The topological polar surface area (TPSA) is 18.5 Å². The molecule has 0 unspecified atom stereocenters. The Labute approximate surface area is 127 Å². The van der Waals surface area contributed by atoms with Crippen molar-refractivity contribution in [2.75, 3.05) is 0 Å². The molecule has 0 amide bonds. The van der Waals surface area contributed by atoms with Crippen molar-refractivity contribution in [1.29, 1.82) is 0 Å². The van der Waals surface area contributed by atoms with E-state index in [4.69, 9.17) is 9.47 Å². The SMILES string of the molecule is Fc1cccc2c1OC(c1ccccc1)(c1ccccc1)O2. The van der Waals surface area contributed by atoms with Crippen molar-refractivity contribution in [2.24, 2.45) is 0 Å². The van der Waals surface area contributed by atoms with E-state index in [-0.39, 0.29) is 5.75 Å². The first-order valence-electron chi connectivity index (χ1n) is 7.07. The van der Waals surface area contributed by atoms with Gasteiger partial charge in [0.25, 0.3) is 0 Å². The second-order valence-electron chi connectivity index (χ2n) is 5.12. The Kier molecular flexibility index (Phi) is 2.86. The lowest BCUT2D eigenvalue weighted by Gasteiger charge is -2.28. The van der Waals surface area contributed by atoms with Gasteiger partial charge in [0, 0.05) is 11.1 Å². The van der Waals surface area contributed by atoms with E-state index in [2.05, 4.69) is 0 Å². The van der Waals surface area contributed by atoms with Crippen molar-refractivity contribution in [3.05, 3.63) is 95.8 Å². The van der Waals surface area contributed by atoms with E-state index in [1.807, 2.05) is 60.7 Å². The summed E-state index contributed by atoms with van der Waals surface area (Å²) >= 11 is 0. The van der Waals surface area contributed by atoms with Crippen LogP contribution < -0.4 is 9.47 Å². The molecule has 0 fully saturated rings. The van der Waals surface area contributed by atoms with Crippen LogP contribution in [0.4, 0.5) is 4.39 Å². The largest absolute Gasteiger partial charge is 0.440 e. The molecule has 3 heteroatoms. The molecule has 0 N–H and O–H groups in total. The first kappa shape index (κ1) is 12.9. The first-order valence-corrected chi connectivity index (χ1v) is 7.07. The zero-order valence-electron chi connectivity index (χ0n) is 11.7. The van der Waals surface area contributed by atoms with Gasteiger partial charge >= 0.3 is 5.79 Å². The van der Waals surface area contributed by atoms with Crippen LogP contribution in [0.25, 0.3) is 0 Å². The highest BCUT2D eigenvalue weighted by atomic mass is 19.1. The lowest BCUT2D eigenvalue weighted by molar-refractivity contribution is -0.0472. The second kappa shape index (κ2) is 4.88. The number of ether oxygens (including phenoxy) is 2. The van der Waals surface area contributed by atoms with E-state index in [9.17, 15) is 4.39 Å². The average Bonchev–Trinajstić information content (AvgIpc) is 2.99. The molecule has 0 atom stereocenters. The molecule has 3 aromatic rings. The Bertz CT molecular complexity index is 761. The Hall–Kier alpha value is -2.81. The summed E-state index contributed by atoms with van der Waals surface area (Å²) in [5.41, 5.74) is 1.63. The molecule has 1 heterocycles. The van der Waals surface area contributed by atoms with Gasteiger partial charge in [-0.1, -0.05) is 66.7 Å². The van der Waals surface area contributed by atoms with E-state index >= 15 is 0 Å². The third-order valence-corrected chi connectivity index (χ3v) is 3.74. The van der Waals surface area contributed by atoms with Crippen LogP contribution in [0.2, 0.25) is 0 Å². The van der Waals surface area contributed by atoms with Gasteiger partial charge in [0.1, 0.15) is 0 Å². The summed E-state index contributed by atoms with van der Waals surface area (Å²) in [6.07, 6.45) is 0. The van der Waals surface area contributed by atoms with Crippen LogP contribution in [0.3, 0.4) is 0 Å². The molecule has 1 aliphatic rings. The third-order valence-electron chi connectivity index (χ3n) is 3.74. The fourth-order valence-electron chi connectivity index (χ4n) is 2.71. The number of hydrogen-bond acceptors (Lipinski definition) is 2. The summed E-state index contributed by atoms with van der Waals surface area (Å²) in [6.45, 7) is 0. The van der Waals surface area contributed by atoms with Gasteiger partial charge in [0.15, 0.2) is 11.6 Å². The summed E-state index contributed by atoms with van der Waals surface area (Å²) in [5, 5.41) is 0. The van der Waals surface area contributed by atoms with E-state index in [0.717, 1.165) is 11.1 Å². The van der Waals surface area contributed by atoms with Crippen LogP contribution in [0, 0.1) is 5.82 Å². The van der Waals surface area contributed by atoms with Crippen LogP contribution in [0.1, 0.15) is 11.1 Å². The van der Waals surface area contributed by atoms with Crippen LogP contribution >= 0.6 is 0 Å². The molecule has 0 saturated carbocycles. The van der Waals surface area contributed by atoms with Gasteiger partial charge in [-0.2, -0.15) is 0 Å². The van der Waals surface area contributed by atoms with Crippen molar-refractivity contribution >= 4 is 0 Å². The summed E-state index contributed by atoms with van der Waals surface area (Å²) in [6, 6.07) is 23.8. The lowest BCUT2D eigenvalue weighted by atomic mass is 9.97. The van der Waals surface area contributed by atoms with Crippen molar-refractivity contribution in [3.8, 4) is 11.5 Å². The number of hydrogen-bond donors (Lipinski definition) is 0. The number of benzene rings is 3. The zero-order valence-corrected chi connectivity index (χ0v) is 11.7. The Morgan fingerprint density at radius 1 is 0.636 bits per heavy atom. The number of fused-ring (bicyclic) bond motifs is 1. The number of halogens is 1. The van der Waals surface area contributed by atoms with Crippen molar-refractivity contribution in [2.45, 2.75) is 5.79 Å². The maximum absolute atomic E-state index is 14.1. The first-order chi connectivity index (χ1) is 10.8. The predicted molar refractivity (Wildman–Crippen MR) is 81.3 cm³/mol. The van der Waals surface area contributed by atoms with Gasteiger partial charge in [-0.05, 0) is 12.1 Å². The summed E-state index contributed by atoms with van der Waals surface area (Å²) < 4.78 is 26.1. The highest BCUT2D eigenvalue weighted by Crippen LogP contribution is 2.48. The van der Waals surface area contributed by atoms with E-state index in [1.54, 1.807) is 12.1 Å². The normalized spacial score (nSPS) is 14.8. The molecular weight excluding hydrogens is 279 g/mol. The van der Waals surface area contributed by atoms with Crippen LogP contribution in [0.15, 0.2) is 78.9 Å². The van der Waals surface area contributed by atoms with Crippen molar-refractivity contribution in [3.63, 3.8) is 0 Å². The van der Waals surface area contributed by atoms with Gasteiger partial charge in [0.2, 0.25) is 5.75 Å². The standard InChI is InChI=1S/C19H13FO2/c20-16-12-7-13-17-18(16)22-19(21-17,14-8-3-1-4-9-14)15-10-5-2-6-11-15/h1-13H. The minimum absolute atomic E-state index is 0.148. The molecule has 108 valence electrons. The van der Waals surface area contributed by atoms with Crippen LogP contribution in [-0.4, -0.2) is 0 Å². The minimum atomic E-state index is -1.16. The van der Waals surface area contributed by atoms with Gasteiger partial charge in [-0.3, -0.25) is 0 Å². The van der Waals surface area contributed by atoms with E-state index in [0.29, 0.717) is 5.75 Å². The maximum atomic E-state index is 14.1. The van der Waals surface area contributed by atoms with Gasteiger partial charge in [-0.15, -0.1) is 0 Å². The molecule has 0 radical (unpaired) electrons. The lowest BCUT2D eigenvalue weighted by Crippen LogP contribution is -2.36. The average molecular weight is 292 g/mol. The highest BCUT2D eigenvalue weighted by Gasteiger charge is 2.46. The zero-order chi connectivity index (χ0) is 15.0. The van der Waals surface area contributed by atoms with Crippen LogP contribution in [-0.2, 0) is 5.79 Å². The Morgan fingerprint density at radius 2 is 1.23 bits per heavy atom. The Balaban J connectivity index is 1.92.